The Morgan fingerprint density at radius 1 is 1.23 bits per heavy atom. The number of hydrogen-bond donors (Lipinski definition) is 1. The summed E-state index contributed by atoms with van der Waals surface area (Å²) in [7, 11) is 3.08. The number of halogens is 1. The third-order valence-corrected chi connectivity index (χ3v) is 3.10. The number of nitrogens with one attached hydrogen (secondary N) is 1. The minimum absolute atomic E-state index is 0.0544. The van der Waals surface area contributed by atoms with Crippen molar-refractivity contribution in [2.75, 3.05) is 14.2 Å². The molecule has 1 aromatic heterocycles. The molecular weight excluding hydrogens is 287 g/mol. The van der Waals surface area contributed by atoms with Crippen molar-refractivity contribution in [2.45, 2.75) is 13.0 Å². The first-order valence-corrected chi connectivity index (χ1v) is 6.71. The maximum absolute atomic E-state index is 13.4. The van der Waals surface area contributed by atoms with Crippen LogP contribution in [0.15, 0.2) is 36.5 Å². The van der Waals surface area contributed by atoms with Gasteiger partial charge in [0.2, 0.25) is 5.91 Å². The van der Waals surface area contributed by atoms with E-state index < -0.39 is 5.82 Å². The van der Waals surface area contributed by atoms with E-state index in [4.69, 9.17) is 9.47 Å². The molecule has 5 nitrogen and oxygen atoms in total. The molecule has 0 aliphatic heterocycles. The van der Waals surface area contributed by atoms with Crippen LogP contribution in [-0.4, -0.2) is 25.1 Å². The Balaban J connectivity index is 1.96. The molecule has 22 heavy (non-hydrogen) atoms. The van der Waals surface area contributed by atoms with Crippen molar-refractivity contribution in [2.24, 2.45) is 0 Å². The van der Waals surface area contributed by atoms with E-state index in [-0.39, 0.29) is 24.6 Å². The highest BCUT2D eigenvalue weighted by Crippen LogP contribution is 2.27. The van der Waals surface area contributed by atoms with Gasteiger partial charge < -0.3 is 14.8 Å². The molecule has 0 bridgehead atoms. The number of nitrogens with zero attached hydrogens (tertiary/aromatic N) is 1. The van der Waals surface area contributed by atoms with Gasteiger partial charge in [-0.05, 0) is 29.8 Å². The van der Waals surface area contributed by atoms with Gasteiger partial charge in [-0.15, -0.1) is 0 Å². The Bertz CT molecular complexity index is 662. The second kappa shape index (κ2) is 7.40. The van der Waals surface area contributed by atoms with Gasteiger partial charge in [-0.3, -0.25) is 9.78 Å². The number of carbonyl (C=O) groups excluding carboxylic acids is 1. The van der Waals surface area contributed by atoms with Crippen molar-refractivity contribution in [3.63, 3.8) is 0 Å². The van der Waals surface area contributed by atoms with E-state index in [0.717, 1.165) is 5.56 Å². The number of pyridine rings is 1. The largest absolute Gasteiger partial charge is 0.493 e. The zero-order valence-electron chi connectivity index (χ0n) is 12.4. The zero-order valence-corrected chi connectivity index (χ0v) is 12.4. The number of methoxy groups -OCH3 is 2. The highest BCUT2D eigenvalue weighted by Gasteiger charge is 2.09. The molecule has 0 saturated heterocycles. The molecule has 0 saturated carbocycles. The predicted octanol–water partition coefficient (Wildman–Crippen LogP) is 2.10. The lowest BCUT2D eigenvalue weighted by molar-refractivity contribution is -0.120. The van der Waals surface area contributed by atoms with E-state index in [1.54, 1.807) is 25.3 Å². The van der Waals surface area contributed by atoms with Gasteiger partial charge in [-0.25, -0.2) is 4.39 Å². The van der Waals surface area contributed by atoms with Gasteiger partial charge in [0.1, 0.15) is 5.82 Å². The lowest BCUT2D eigenvalue weighted by Crippen LogP contribution is -2.25. The molecule has 0 spiro atoms. The van der Waals surface area contributed by atoms with E-state index in [1.807, 2.05) is 0 Å². The van der Waals surface area contributed by atoms with E-state index in [0.29, 0.717) is 11.5 Å². The molecule has 1 heterocycles. The summed E-state index contributed by atoms with van der Waals surface area (Å²) >= 11 is 0. The molecule has 1 N–H and O–H groups in total. The third-order valence-electron chi connectivity index (χ3n) is 3.10. The minimum atomic E-state index is -0.436. The molecule has 6 heteroatoms. The van der Waals surface area contributed by atoms with E-state index in [1.165, 1.54) is 25.4 Å². The van der Waals surface area contributed by atoms with Gasteiger partial charge in [0, 0.05) is 6.20 Å². The van der Waals surface area contributed by atoms with Crippen molar-refractivity contribution < 1.29 is 18.7 Å². The highest BCUT2D eigenvalue weighted by atomic mass is 19.1. The Morgan fingerprint density at radius 3 is 2.68 bits per heavy atom. The number of ether oxygens (including phenoxy) is 2. The summed E-state index contributed by atoms with van der Waals surface area (Å²) in [6.07, 6.45) is 1.65. The first-order valence-electron chi connectivity index (χ1n) is 6.71. The molecule has 0 radical (unpaired) electrons. The lowest BCUT2D eigenvalue weighted by Gasteiger charge is -2.10. The van der Waals surface area contributed by atoms with Gasteiger partial charge in [0.05, 0.1) is 32.9 Å². The fourth-order valence-electron chi connectivity index (χ4n) is 1.97. The van der Waals surface area contributed by atoms with Crippen molar-refractivity contribution >= 4 is 5.91 Å². The predicted molar refractivity (Wildman–Crippen MR) is 79.3 cm³/mol. The van der Waals surface area contributed by atoms with Crippen LogP contribution in [0.1, 0.15) is 11.3 Å². The van der Waals surface area contributed by atoms with Crippen LogP contribution in [0.4, 0.5) is 4.39 Å². The molecule has 0 aliphatic rings. The molecule has 116 valence electrons. The Kier molecular flexibility index (Phi) is 5.30. The third kappa shape index (κ3) is 3.94. The standard InChI is InChI=1S/C16H17FN2O3/c1-21-14-6-5-11(8-15(14)22-2)9-16(20)19-10-13-12(17)4-3-7-18-13/h3-8H,9-10H2,1-2H3,(H,19,20). The summed E-state index contributed by atoms with van der Waals surface area (Å²) in [4.78, 5) is 15.8. The van der Waals surface area contributed by atoms with Crippen LogP contribution in [0.25, 0.3) is 0 Å². The van der Waals surface area contributed by atoms with Gasteiger partial charge in [0.15, 0.2) is 11.5 Å². The van der Waals surface area contributed by atoms with Crippen molar-refractivity contribution in [3.05, 3.63) is 53.6 Å². The van der Waals surface area contributed by atoms with Crippen molar-refractivity contribution in [1.29, 1.82) is 0 Å². The fraction of sp³-hybridized carbons (Fsp3) is 0.250. The summed E-state index contributed by atoms with van der Waals surface area (Å²) in [5.74, 6) is 0.497. The van der Waals surface area contributed by atoms with Gasteiger partial charge in [0.25, 0.3) is 0 Å². The molecule has 2 rings (SSSR count). The zero-order chi connectivity index (χ0) is 15.9. The van der Waals surface area contributed by atoms with Gasteiger partial charge >= 0.3 is 0 Å². The molecule has 0 aliphatic carbocycles. The first-order chi connectivity index (χ1) is 10.6. The second-order valence-electron chi connectivity index (χ2n) is 4.57. The number of rotatable bonds is 6. The summed E-state index contributed by atoms with van der Waals surface area (Å²) in [6.45, 7) is 0.0544. The van der Waals surface area contributed by atoms with Crippen LogP contribution >= 0.6 is 0 Å². The number of amides is 1. The summed E-state index contributed by atoms with van der Waals surface area (Å²) < 4.78 is 23.7. The first kappa shape index (κ1) is 15.8. The Morgan fingerprint density at radius 2 is 2.00 bits per heavy atom. The lowest BCUT2D eigenvalue weighted by atomic mass is 10.1. The molecule has 0 fully saturated rings. The molecule has 0 unspecified atom stereocenters. The minimum Gasteiger partial charge on any atom is -0.493 e. The van der Waals surface area contributed by atoms with E-state index in [9.17, 15) is 9.18 Å². The van der Waals surface area contributed by atoms with Crippen LogP contribution in [0.3, 0.4) is 0 Å². The van der Waals surface area contributed by atoms with Crippen LogP contribution < -0.4 is 14.8 Å². The van der Waals surface area contributed by atoms with Gasteiger partial charge in [-0.2, -0.15) is 0 Å². The molecule has 1 aromatic carbocycles. The van der Waals surface area contributed by atoms with Gasteiger partial charge in [-0.1, -0.05) is 6.07 Å². The number of carbonyl (C=O) groups is 1. The maximum atomic E-state index is 13.4. The van der Waals surface area contributed by atoms with Crippen molar-refractivity contribution in [3.8, 4) is 11.5 Å². The summed E-state index contributed by atoms with van der Waals surface area (Å²) in [5.41, 5.74) is 0.986. The van der Waals surface area contributed by atoms with Crippen LogP contribution in [0, 0.1) is 5.82 Å². The monoisotopic (exact) mass is 304 g/mol. The molecule has 2 aromatic rings. The maximum Gasteiger partial charge on any atom is 0.224 e. The summed E-state index contributed by atoms with van der Waals surface area (Å²) in [6, 6.07) is 8.06. The average molecular weight is 304 g/mol. The van der Waals surface area contributed by atoms with Crippen LogP contribution in [-0.2, 0) is 17.8 Å². The molecule has 1 amide bonds. The second-order valence-corrected chi connectivity index (χ2v) is 4.57. The van der Waals surface area contributed by atoms with E-state index in [2.05, 4.69) is 10.3 Å². The highest BCUT2D eigenvalue weighted by molar-refractivity contribution is 5.78. The van der Waals surface area contributed by atoms with E-state index >= 15 is 0 Å². The Hall–Kier alpha value is -2.63. The quantitative estimate of drug-likeness (QED) is 0.888. The van der Waals surface area contributed by atoms with Crippen molar-refractivity contribution in [1.82, 2.24) is 10.3 Å². The molecule has 0 atom stereocenters. The summed E-state index contributed by atoms with van der Waals surface area (Å²) in [5, 5.41) is 2.64. The average Bonchev–Trinajstić information content (AvgIpc) is 2.54. The van der Waals surface area contributed by atoms with Crippen LogP contribution in [0.2, 0.25) is 0 Å². The Labute approximate surface area is 128 Å². The number of hydrogen-bond acceptors (Lipinski definition) is 4. The number of benzene rings is 1. The smallest absolute Gasteiger partial charge is 0.224 e. The van der Waals surface area contributed by atoms with Crippen LogP contribution in [0.5, 0.6) is 11.5 Å². The molecular formula is C16H17FN2O3. The topological polar surface area (TPSA) is 60.5 Å². The fourth-order valence-corrected chi connectivity index (χ4v) is 1.97. The normalized spacial score (nSPS) is 10.1. The SMILES string of the molecule is COc1ccc(CC(=O)NCc2ncccc2F)cc1OC. The number of aromatic nitrogens is 1.